The first-order valence-electron chi connectivity index (χ1n) is 10.8. The summed E-state index contributed by atoms with van der Waals surface area (Å²) in [5.74, 6) is -0.373. The van der Waals surface area contributed by atoms with Gasteiger partial charge in [-0.1, -0.05) is 45.0 Å². The Morgan fingerprint density at radius 2 is 1.71 bits per heavy atom. The van der Waals surface area contributed by atoms with Crippen molar-refractivity contribution in [3.63, 3.8) is 0 Å². The van der Waals surface area contributed by atoms with Crippen LogP contribution in [0.3, 0.4) is 0 Å². The molecular formula is C26H26FN5O2. The summed E-state index contributed by atoms with van der Waals surface area (Å²) in [7, 11) is 0. The van der Waals surface area contributed by atoms with Crippen molar-refractivity contribution in [2.45, 2.75) is 32.6 Å². The van der Waals surface area contributed by atoms with Crippen LogP contribution in [0.25, 0.3) is 16.5 Å². The topological polar surface area (TPSA) is 102 Å². The second-order valence-electron chi connectivity index (χ2n) is 9.13. The monoisotopic (exact) mass is 459 g/mol. The molecule has 4 rings (SSSR count). The third-order valence-electron chi connectivity index (χ3n) is 5.36. The Bertz CT molecular complexity index is 1370. The Hall–Kier alpha value is -4.20. The zero-order chi connectivity index (χ0) is 24.5. The lowest BCUT2D eigenvalue weighted by molar-refractivity contribution is -0.117. The Balaban J connectivity index is 1.76. The SMILES string of the molecule is CC(C)(C)c1cc(NC(=O)Nc2ccc(F)cc2)n(-c2cc(CC(N)=O)c3ccccc3c2)n1. The summed E-state index contributed by atoms with van der Waals surface area (Å²) in [6.45, 7) is 6.09. The van der Waals surface area contributed by atoms with Gasteiger partial charge in [0.1, 0.15) is 11.6 Å². The van der Waals surface area contributed by atoms with Crippen LogP contribution in [-0.2, 0) is 16.6 Å². The van der Waals surface area contributed by atoms with E-state index in [1.54, 1.807) is 4.68 Å². The van der Waals surface area contributed by atoms with E-state index in [1.165, 1.54) is 24.3 Å². The number of carbonyl (C=O) groups is 2. The minimum Gasteiger partial charge on any atom is -0.369 e. The maximum atomic E-state index is 13.2. The molecule has 0 spiro atoms. The molecule has 0 bridgehead atoms. The highest BCUT2D eigenvalue weighted by molar-refractivity contribution is 5.99. The molecule has 0 radical (unpaired) electrons. The molecule has 0 aliphatic rings. The molecule has 0 fully saturated rings. The number of urea groups is 1. The summed E-state index contributed by atoms with van der Waals surface area (Å²) in [5, 5.41) is 12.1. The number of primary amides is 1. The molecule has 0 saturated carbocycles. The molecule has 4 N–H and O–H groups in total. The van der Waals surface area contributed by atoms with Gasteiger partial charge in [0.25, 0.3) is 0 Å². The van der Waals surface area contributed by atoms with E-state index < -0.39 is 11.9 Å². The largest absolute Gasteiger partial charge is 0.369 e. The number of nitrogens with one attached hydrogen (secondary N) is 2. The Labute approximate surface area is 196 Å². The maximum absolute atomic E-state index is 13.2. The van der Waals surface area contributed by atoms with E-state index in [4.69, 9.17) is 10.8 Å². The Morgan fingerprint density at radius 1 is 1.00 bits per heavy atom. The van der Waals surface area contributed by atoms with Crippen molar-refractivity contribution in [1.29, 1.82) is 0 Å². The molecule has 8 heteroatoms. The molecule has 3 aromatic carbocycles. The van der Waals surface area contributed by atoms with Gasteiger partial charge in [0.05, 0.1) is 17.8 Å². The molecule has 3 amide bonds. The smallest absolute Gasteiger partial charge is 0.324 e. The third-order valence-corrected chi connectivity index (χ3v) is 5.36. The maximum Gasteiger partial charge on any atom is 0.324 e. The number of rotatable bonds is 5. The average molecular weight is 460 g/mol. The van der Waals surface area contributed by atoms with Crippen LogP contribution in [0.5, 0.6) is 0 Å². The van der Waals surface area contributed by atoms with Gasteiger partial charge in [-0.25, -0.2) is 13.9 Å². The second-order valence-corrected chi connectivity index (χ2v) is 9.13. The number of aromatic nitrogens is 2. The minimum atomic E-state index is -0.494. The predicted molar refractivity (Wildman–Crippen MR) is 132 cm³/mol. The normalized spacial score (nSPS) is 11.4. The van der Waals surface area contributed by atoms with Crippen molar-refractivity contribution in [3.8, 4) is 5.69 Å². The molecule has 7 nitrogen and oxygen atoms in total. The highest BCUT2D eigenvalue weighted by Gasteiger charge is 2.22. The number of amides is 3. The van der Waals surface area contributed by atoms with Gasteiger partial charge in [0.2, 0.25) is 5.91 Å². The fraction of sp³-hybridized carbons (Fsp3) is 0.192. The second kappa shape index (κ2) is 8.97. The van der Waals surface area contributed by atoms with E-state index in [0.29, 0.717) is 17.2 Å². The molecule has 4 aromatic rings. The van der Waals surface area contributed by atoms with Crippen LogP contribution in [0.1, 0.15) is 32.0 Å². The van der Waals surface area contributed by atoms with Crippen molar-refractivity contribution in [2.75, 3.05) is 10.6 Å². The molecule has 0 aliphatic heterocycles. The van der Waals surface area contributed by atoms with Crippen molar-refractivity contribution in [3.05, 3.63) is 83.8 Å². The van der Waals surface area contributed by atoms with Gasteiger partial charge in [-0.15, -0.1) is 0 Å². The fourth-order valence-corrected chi connectivity index (χ4v) is 3.67. The molecule has 174 valence electrons. The van der Waals surface area contributed by atoms with Crippen LogP contribution in [0.15, 0.2) is 66.7 Å². The summed E-state index contributed by atoms with van der Waals surface area (Å²) in [5.41, 5.74) is 7.90. The van der Waals surface area contributed by atoms with Crippen LogP contribution in [-0.4, -0.2) is 21.7 Å². The lowest BCUT2D eigenvalue weighted by Crippen LogP contribution is -2.21. The number of carbonyl (C=O) groups excluding carboxylic acids is 2. The summed E-state index contributed by atoms with van der Waals surface area (Å²) in [4.78, 5) is 24.4. The van der Waals surface area contributed by atoms with Crippen molar-refractivity contribution >= 4 is 34.2 Å². The van der Waals surface area contributed by atoms with Crippen LogP contribution in [0.4, 0.5) is 20.7 Å². The van der Waals surface area contributed by atoms with Crippen LogP contribution < -0.4 is 16.4 Å². The van der Waals surface area contributed by atoms with Crippen molar-refractivity contribution in [1.82, 2.24) is 9.78 Å². The number of hydrogen-bond acceptors (Lipinski definition) is 3. The summed E-state index contributed by atoms with van der Waals surface area (Å²) in [6, 6.07) is 18.3. The van der Waals surface area contributed by atoms with Crippen LogP contribution >= 0.6 is 0 Å². The molecule has 1 aromatic heterocycles. The first kappa shape index (κ1) is 23.0. The zero-order valence-corrected chi connectivity index (χ0v) is 19.2. The molecule has 0 aliphatic carbocycles. The zero-order valence-electron chi connectivity index (χ0n) is 19.2. The number of nitrogens with zero attached hydrogens (tertiary/aromatic N) is 2. The fourth-order valence-electron chi connectivity index (χ4n) is 3.67. The van der Waals surface area contributed by atoms with Gasteiger partial charge in [-0.3, -0.25) is 10.1 Å². The number of nitrogens with two attached hydrogens (primary N) is 1. The van der Waals surface area contributed by atoms with Gasteiger partial charge in [0, 0.05) is 17.2 Å². The molecule has 0 saturated heterocycles. The molecule has 1 heterocycles. The lowest BCUT2D eigenvalue weighted by Gasteiger charge is -2.15. The van der Waals surface area contributed by atoms with Gasteiger partial charge in [-0.05, 0) is 52.7 Å². The molecule has 0 atom stereocenters. The summed E-state index contributed by atoms with van der Waals surface area (Å²) in [6.07, 6.45) is 0.0789. The molecular weight excluding hydrogens is 433 g/mol. The number of halogens is 1. The molecule has 34 heavy (non-hydrogen) atoms. The number of hydrogen-bond donors (Lipinski definition) is 3. The first-order chi connectivity index (χ1) is 16.1. The average Bonchev–Trinajstić information content (AvgIpc) is 3.19. The van der Waals surface area contributed by atoms with Gasteiger partial charge < -0.3 is 11.1 Å². The van der Waals surface area contributed by atoms with E-state index in [2.05, 4.69) is 10.6 Å². The predicted octanol–water partition coefficient (Wildman–Crippen LogP) is 5.13. The Kier molecular flexibility index (Phi) is 6.06. The van der Waals surface area contributed by atoms with E-state index in [1.807, 2.05) is 63.2 Å². The van der Waals surface area contributed by atoms with Gasteiger partial charge in [-0.2, -0.15) is 5.10 Å². The van der Waals surface area contributed by atoms with E-state index >= 15 is 0 Å². The van der Waals surface area contributed by atoms with Gasteiger partial charge in [0.15, 0.2) is 0 Å². The van der Waals surface area contributed by atoms with Crippen LogP contribution in [0.2, 0.25) is 0 Å². The highest BCUT2D eigenvalue weighted by Crippen LogP contribution is 2.29. The standard InChI is InChI=1S/C26H26FN5O2/c1-26(2,3)22-15-24(30-25(34)29-19-10-8-18(27)9-11-19)32(31-22)20-12-16-6-4-5-7-21(16)17(13-20)14-23(28)33/h4-13,15H,14H2,1-3H3,(H2,28,33)(H2,29,30,34). The number of fused-ring (bicyclic) bond motifs is 1. The highest BCUT2D eigenvalue weighted by atomic mass is 19.1. The van der Waals surface area contributed by atoms with Crippen molar-refractivity contribution < 1.29 is 14.0 Å². The number of anilines is 2. The van der Waals surface area contributed by atoms with E-state index in [9.17, 15) is 14.0 Å². The number of benzene rings is 3. The minimum absolute atomic E-state index is 0.0789. The third kappa shape index (κ3) is 5.06. The summed E-state index contributed by atoms with van der Waals surface area (Å²) < 4.78 is 14.8. The quantitative estimate of drug-likeness (QED) is 0.385. The van der Waals surface area contributed by atoms with E-state index in [-0.39, 0.29) is 17.7 Å². The van der Waals surface area contributed by atoms with E-state index in [0.717, 1.165) is 22.0 Å². The van der Waals surface area contributed by atoms with Crippen LogP contribution in [0, 0.1) is 5.82 Å². The lowest BCUT2D eigenvalue weighted by atomic mass is 9.92. The van der Waals surface area contributed by atoms with Gasteiger partial charge >= 0.3 is 6.03 Å². The first-order valence-corrected chi connectivity index (χ1v) is 10.8. The summed E-state index contributed by atoms with van der Waals surface area (Å²) >= 11 is 0. The molecule has 0 unspecified atom stereocenters. The van der Waals surface area contributed by atoms with Crippen molar-refractivity contribution in [2.24, 2.45) is 5.73 Å². The Morgan fingerprint density at radius 3 is 2.38 bits per heavy atom.